The molecule has 0 bridgehead atoms. The number of aromatic nitrogens is 2. The van der Waals surface area contributed by atoms with Crippen LogP contribution in [0.3, 0.4) is 0 Å². The number of ether oxygens (including phenoxy) is 2. The number of benzene rings is 1. The van der Waals surface area contributed by atoms with Crippen LogP contribution >= 0.6 is 0 Å². The summed E-state index contributed by atoms with van der Waals surface area (Å²) in [6.45, 7) is 5.14. The van der Waals surface area contributed by atoms with Crippen molar-refractivity contribution in [3.05, 3.63) is 46.8 Å². The monoisotopic (exact) mass is 450 g/mol. The van der Waals surface area contributed by atoms with Crippen LogP contribution in [0.5, 0.6) is 5.75 Å². The van der Waals surface area contributed by atoms with Crippen molar-refractivity contribution in [1.82, 2.24) is 20.0 Å². The molecule has 0 radical (unpaired) electrons. The molecule has 3 aliphatic rings. The molecule has 1 aromatic heterocycles. The van der Waals surface area contributed by atoms with Gasteiger partial charge in [0.25, 0.3) is 5.91 Å². The molecule has 10 heteroatoms. The maximum Gasteiger partial charge on any atom is 0.416 e. The second-order valence-corrected chi connectivity index (χ2v) is 8.71. The van der Waals surface area contributed by atoms with Crippen LogP contribution in [0.4, 0.5) is 13.2 Å². The van der Waals surface area contributed by atoms with E-state index in [1.165, 1.54) is 6.07 Å². The molecule has 1 saturated heterocycles. The first-order valence-corrected chi connectivity index (χ1v) is 10.9. The van der Waals surface area contributed by atoms with E-state index in [4.69, 9.17) is 9.47 Å². The largest absolute Gasteiger partial charge is 0.491 e. The molecule has 0 aliphatic carbocycles. The lowest BCUT2D eigenvalue weighted by molar-refractivity contribution is -0.137. The van der Waals surface area contributed by atoms with E-state index in [-0.39, 0.29) is 18.9 Å². The number of alkyl halides is 3. The lowest BCUT2D eigenvalue weighted by Crippen LogP contribution is -2.43. The Morgan fingerprint density at radius 3 is 2.88 bits per heavy atom. The first-order chi connectivity index (χ1) is 15.3. The normalized spacial score (nSPS) is 23.3. The second-order valence-electron chi connectivity index (χ2n) is 8.71. The van der Waals surface area contributed by atoms with Gasteiger partial charge < -0.3 is 14.8 Å². The highest BCUT2D eigenvalue weighted by molar-refractivity contribution is 5.92. The van der Waals surface area contributed by atoms with Crippen molar-refractivity contribution in [2.75, 3.05) is 32.9 Å². The molecule has 0 spiro atoms. The van der Waals surface area contributed by atoms with E-state index >= 15 is 0 Å². The van der Waals surface area contributed by atoms with Crippen LogP contribution in [0, 0.1) is 5.92 Å². The third kappa shape index (κ3) is 4.47. The lowest BCUT2D eigenvalue weighted by atomic mass is 10.00. The average Bonchev–Trinajstić information content (AvgIpc) is 3.42. The first kappa shape index (κ1) is 21.3. The molecule has 7 nitrogen and oxygen atoms in total. The van der Waals surface area contributed by atoms with E-state index < -0.39 is 17.8 Å². The fourth-order valence-corrected chi connectivity index (χ4v) is 4.60. The summed E-state index contributed by atoms with van der Waals surface area (Å²) in [5.41, 5.74) is 1.02. The smallest absolute Gasteiger partial charge is 0.416 e. The predicted molar refractivity (Wildman–Crippen MR) is 108 cm³/mol. The Morgan fingerprint density at radius 2 is 2.09 bits per heavy atom. The molecule has 1 aromatic carbocycles. The Morgan fingerprint density at radius 1 is 1.22 bits per heavy atom. The van der Waals surface area contributed by atoms with E-state index in [0.717, 1.165) is 63.6 Å². The highest BCUT2D eigenvalue weighted by Crippen LogP contribution is 2.34. The van der Waals surface area contributed by atoms with E-state index in [1.807, 2.05) is 4.68 Å². The molecular weight excluding hydrogens is 425 g/mol. The Labute approximate surface area is 183 Å². The van der Waals surface area contributed by atoms with E-state index in [9.17, 15) is 18.0 Å². The number of hydrogen-bond acceptors (Lipinski definition) is 5. The number of halogens is 3. The van der Waals surface area contributed by atoms with Gasteiger partial charge in [0.2, 0.25) is 0 Å². The van der Waals surface area contributed by atoms with Crippen LogP contribution in [0.1, 0.15) is 33.7 Å². The number of rotatable bonds is 4. The standard InChI is InChI=1S/C22H25F3N4O3/c23-22(24,25)16-1-2-20-15(7-16)8-17(13-32-20)26-21(30)19-9-18-11-28(4-5-29(18)27-19)10-14-3-6-31-12-14/h1-2,7,9,14,17H,3-6,8,10-13H2,(H,26,30)/t14?,17-/m1/s1. The summed E-state index contributed by atoms with van der Waals surface area (Å²) in [5.74, 6) is 0.639. The summed E-state index contributed by atoms with van der Waals surface area (Å²) >= 11 is 0. The summed E-state index contributed by atoms with van der Waals surface area (Å²) in [6, 6.07) is 4.81. The maximum absolute atomic E-state index is 13.0. The summed E-state index contributed by atoms with van der Waals surface area (Å²) in [6.07, 6.45) is -3.06. The van der Waals surface area contributed by atoms with Gasteiger partial charge >= 0.3 is 6.18 Å². The van der Waals surface area contributed by atoms with Crippen LogP contribution in [0.15, 0.2) is 24.3 Å². The highest BCUT2D eigenvalue weighted by Gasteiger charge is 2.33. The van der Waals surface area contributed by atoms with Gasteiger partial charge in [-0.05, 0) is 48.6 Å². The zero-order chi connectivity index (χ0) is 22.3. The zero-order valence-corrected chi connectivity index (χ0v) is 17.5. The van der Waals surface area contributed by atoms with Crippen molar-refractivity contribution in [2.24, 2.45) is 5.92 Å². The molecule has 2 atom stereocenters. The number of hydrogen-bond donors (Lipinski definition) is 1. The summed E-state index contributed by atoms with van der Waals surface area (Å²) in [7, 11) is 0. The molecular formula is C22H25F3N4O3. The van der Waals surface area contributed by atoms with E-state index in [1.54, 1.807) is 6.07 Å². The van der Waals surface area contributed by atoms with Crippen molar-refractivity contribution in [1.29, 1.82) is 0 Å². The van der Waals surface area contributed by atoms with Gasteiger partial charge in [-0.1, -0.05) is 0 Å². The van der Waals surface area contributed by atoms with Crippen LogP contribution in [0.2, 0.25) is 0 Å². The van der Waals surface area contributed by atoms with Crippen LogP contribution in [-0.2, 0) is 30.4 Å². The van der Waals surface area contributed by atoms with Gasteiger partial charge in [-0.25, -0.2) is 0 Å². The molecule has 0 saturated carbocycles. The Balaban J connectivity index is 1.21. The number of carbonyl (C=O) groups is 1. The molecule has 1 amide bonds. The molecule has 172 valence electrons. The second kappa shape index (κ2) is 8.40. The van der Waals surface area contributed by atoms with E-state index in [0.29, 0.717) is 22.9 Å². The third-order valence-corrected chi connectivity index (χ3v) is 6.28. The molecule has 32 heavy (non-hydrogen) atoms. The van der Waals surface area contributed by atoms with Gasteiger partial charge in [0.05, 0.1) is 30.5 Å². The lowest BCUT2D eigenvalue weighted by Gasteiger charge is -2.29. The Hall–Kier alpha value is -2.59. The van der Waals surface area contributed by atoms with Crippen molar-refractivity contribution >= 4 is 5.91 Å². The van der Waals surface area contributed by atoms with Crippen LogP contribution in [-0.4, -0.2) is 59.5 Å². The van der Waals surface area contributed by atoms with Gasteiger partial charge in [0.1, 0.15) is 12.4 Å². The molecule has 1 N–H and O–H groups in total. The summed E-state index contributed by atoms with van der Waals surface area (Å²) < 4.78 is 51.9. The maximum atomic E-state index is 13.0. The molecule has 2 aromatic rings. The van der Waals surface area contributed by atoms with Crippen molar-refractivity contribution in [2.45, 2.75) is 38.1 Å². The summed E-state index contributed by atoms with van der Waals surface area (Å²) in [4.78, 5) is 15.1. The first-order valence-electron chi connectivity index (χ1n) is 10.9. The Bertz CT molecular complexity index is 1000. The van der Waals surface area contributed by atoms with Crippen molar-refractivity contribution in [3.63, 3.8) is 0 Å². The SMILES string of the molecule is O=C(N[C@H]1COc2ccc(C(F)(F)F)cc2C1)c1cc2n(n1)CCN(CC1CCOC1)C2. The minimum absolute atomic E-state index is 0.203. The molecule has 5 rings (SSSR count). The van der Waals surface area contributed by atoms with Crippen molar-refractivity contribution in [3.8, 4) is 5.75 Å². The number of amides is 1. The quantitative estimate of drug-likeness (QED) is 0.775. The van der Waals surface area contributed by atoms with Crippen LogP contribution < -0.4 is 10.1 Å². The van der Waals surface area contributed by atoms with Gasteiger partial charge in [0, 0.05) is 26.2 Å². The van der Waals surface area contributed by atoms with Gasteiger partial charge in [-0.15, -0.1) is 0 Å². The zero-order valence-electron chi connectivity index (χ0n) is 17.5. The minimum Gasteiger partial charge on any atom is -0.491 e. The molecule has 4 heterocycles. The minimum atomic E-state index is -4.42. The fourth-order valence-electron chi connectivity index (χ4n) is 4.60. The average molecular weight is 450 g/mol. The number of fused-ring (bicyclic) bond motifs is 2. The fraction of sp³-hybridized carbons (Fsp3) is 0.545. The third-order valence-electron chi connectivity index (χ3n) is 6.28. The van der Waals surface area contributed by atoms with Gasteiger partial charge in [0.15, 0.2) is 5.69 Å². The summed E-state index contributed by atoms with van der Waals surface area (Å²) in [5, 5.41) is 7.30. The van der Waals surface area contributed by atoms with Crippen molar-refractivity contribution < 1.29 is 27.4 Å². The predicted octanol–water partition coefficient (Wildman–Crippen LogP) is 2.49. The number of nitrogens with zero attached hydrogens (tertiary/aromatic N) is 3. The molecule has 1 unspecified atom stereocenters. The number of nitrogens with one attached hydrogen (secondary N) is 1. The topological polar surface area (TPSA) is 68.6 Å². The highest BCUT2D eigenvalue weighted by atomic mass is 19.4. The number of carbonyl (C=O) groups excluding carboxylic acids is 1. The molecule has 1 fully saturated rings. The molecule has 3 aliphatic heterocycles. The van der Waals surface area contributed by atoms with Gasteiger partial charge in [-0.2, -0.15) is 18.3 Å². The van der Waals surface area contributed by atoms with Crippen LogP contribution in [0.25, 0.3) is 0 Å². The van der Waals surface area contributed by atoms with Gasteiger partial charge in [-0.3, -0.25) is 14.4 Å². The Kier molecular flexibility index (Phi) is 5.58. The van der Waals surface area contributed by atoms with E-state index in [2.05, 4.69) is 15.3 Å².